The minimum Gasteiger partial charge on any atom is -0.361 e. The normalized spacial score (nSPS) is 14.3. The fraction of sp³-hybridized carbons (Fsp3) is 0.304. The van der Waals surface area contributed by atoms with Gasteiger partial charge in [-0.25, -0.2) is 0 Å². The molecule has 0 saturated heterocycles. The molecule has 1 fully saturated rings. The van der Waals surface area contributed by atoms with Crippen LogP contribution in [0.5, 0.6) is 0 Å². The van der Waals surface area contributed by atoms with E-state index in [-0.39, 0.29) is 5.54 Å². The predicted octanol–water partition coefficient (Wildman–Crippen LogP) is 4.92. The number of carbonyl (C=O) groups is 1. The summed E-state index contributed by atoms with van der Waals surface area (Å²) in [7, 11) is 2.08. The fourth-order valence-corrected chi connectivity index (χ4v) is 3.54. The quantitative estimate of drug-likeness (QED) is 0.637. The molecule has 0 atom stereocenters. The van der Waals surface area contributed by atoms with Gasteiger partial charge >= 0.3 is 0 Å². The topological polar surface area (TPSA) is 68.7 Å². The zero-order valence-corrected chi connectivity index (χ0v) is 16.0. The largest absolute Gasteiger partial charge is 0.361 e. The zero-order chi connectivity index (χ0) is 19.5. The highest BCUT2D eigenvalue weighted by atomic mass is 16.1. The van der Waals surface area contributed by atoms with Crippen LogP contribution < -0.4 is 5.32 Å². The van der Waals surface area contributed by atoms with Crippen LogP contribution in [0.1, 0.15) is 43.7 Å². The number of H-pyrrole nitrogens is 1. The smallest absolute Gasteiger partial charge is 0.116 e. The van der Waals surface area contributed by atoms with E-state index in [1.165, 1.54) is 38.2 Å². The molecule has 4 nitrogen and oxygen atoms in total. The lowest BCUT2D eigenvalue weighted by Crippen LogP contribution is -2.36. The van der Waals surface area contributed by atoms with E-state index in [0.29, 0.717) is 5.56 Å². The Kier molecular flexibility index (Phi) is 7.79. The molecule has 1 heterocycles. The number of hydrogen-bond donors (Lipinski definition) is 2. The Bertz CT molecular complexity index is 871. The van der Waals surface area contributed by atoms with E-state index in [2.05, 4.69) is 53.7 Å². The zero-order valence-electron chi connectivity index (χ0n) is 16.0. The third-order valence-electron chi connectivity index (χ3n) is 4.94. The molecular formula is C23H27N3O. The summed E-state index contributed by atoms with van der Waals surface area (Å²) in [5.41, 5.74) is 3.51. The lowest BCUT2D eigenvalue weighted by molar-refractivity contribution is -0.106. The van der Waals surface area contributed by atoms with Gasteiger partial charge in [0.25, 0.3) is 0 Å². The lowest BCUT2D eigenvalue weighted by Gasteiger charge is -2.29. The van der Waals surface area contributed by atoms with Crippen LogP contribution in [0.4, 0.5) is 0 Å². The average Bonchev–Trinajstić information content (AvgIpc) is 3.39. The Balaban J connectivity index is 0.000000171. The van der Waals surface area contributed by atoms with Crippen molar-refractivity contribution in [3.05, 3.63) is 71.9 Å². The molecule has 140 valence electrons. The Morgan fingerprint density at radius 1 is 1.11 bits per heavy atom. The summed E-state index contributed by atoms with van der Waals surface area (Å²) >= 11 is 0. The molecule has 1 saturated carbocycles. The van der Waals surface area contributed by atoms with E-state index in [4.69, 9.17) is 10.1 Å². The molecule has 0 amide bonds. The van der Waals surface area contributed by atoms with Crippen molar-refractivity contribution in [2.24, 2.45) is 0 Å². The molecule has 2 N–H and O–H groups in total. The number of rotatable bonds is 2. The Hall–Kier alpha value is -2.90. The number of benzene rings is 2. The second kappa shape index (κ2) is 10.3. The first-order chi connectivity index (χ1) is 13.2. The maximum absolute atomic E-state index is 8.81. The van der Waals surface area contributed by atoms with Gasteiger partial charge in [-0.1, -0.05) is 43.2 Å². The van der Waals surface area contributed by atoms with Crippen LogP contribution >= 0.6 is 0 Å². The molecular weight excluding hydrogens is 334 g/mol. The molecule has 0 spiro atoms. The van der Waals surface area contributed by atoms with Gasteiger partial charge in [0, 0.05) is 22.6 Å². The number of aromatic amines is 1. The minimum absolute atomic E-state index is 0.279. The minimum atomic E-state index is 0.279. The van der Waals surface area contributed by atoms with Gasteiger partial charge in [-0.05, 0) is 56.6 Å². The Morgan fingerprint density at radius 3 is 2.37 bits per heavy atom. The summed E-state index contributed by atoms with van der Waals surface area (Å²) < 4.78 is 0. The van der Waals surface area contributed by atoms with Gasteiger partial charge in [-0.15, -0.1) is 0 Å². The van der Waals surface area contributed by atoms with Crippen molar-refractivity contribution >= 4 is 17.2 Å². The maximum Gasteiger partial charge on any atom is 0.116 e. The molecule has 27 heavy (non-hydrogen) atoms. The van der Waals surface area contributed by atoms with Crippen LogP contribution in [-0.4, -0.2) is 18.3 Å². The van der Waals surface area contributed by atoms with E-state index >= 15 is 0 Å². The van der Waals surface area contributed by atoms with Crippen LogP contribution in [0.2, 0.25) is 0 Å². The second-order valence-electron chi connectivity index (χ2n) is 6.53. The number of nitrogens with one attached hydrogen (secondary N) is 2. The molecule has 1 aliphatic carbocycles. The molecule has 0 aliphatic heterocycles. The summed E-state index contributed by atoms with van der Waals surface area (Å²) in [6, 6.07) is 20.5. The van der Waals surface area contributed by atoms with Gasteiger partial charge < -0.3 is 15.1 Å². The van der Waals surface area contributed by atoms with Gasteiger partial charge in [0.15, 0.2) is 0 Å². The van der Waals surface area contributed by atoms with Crippen molar-refractivity contribution in [3.8, 4) is 6.07 Å². The first kappa shape index (κ1) is 20.4. The van der Waals surface area contributed by atoms with Crippen LogP contribution in [0.25, 0.3) is 10.9 Å². The monoisotopic (exact) mass is 361 g/mol. The molecule has 3 aromatic rings. The molecule has 0 bridgehead atoms. The molecule has 1 aliphatic rings. The van der Waals surface area contributed by atoms with Gasteiger partial charge in [0.2, 0.25) is 0 Å². The van der Waals surface area contributed by atoms with E-state index in [9.17, 15) is 0 Å². The van der Waals surface area contributed by atoms with E-state index in [0.717, 1.165) is 17.2 Å². The lowest BCUT2D eigenvalue weighted by atomic mass is 9.88. The van der Waals surface area contributed by atoms with Crippen molar-refractivity contribution in [2.45, 2.75) is 38.1 Å². The van der Waals surface area contributed by atoms with Crippen LogP contribution in [0.3, 0.4) is 0 Å². The summed E-state index contributed by atoms with van der Waals surface area (Å²) in [4.78, 5) is 11.9. The number of aromatic nitrogens is 1. The van der Waals surface area contributed by atoms with E-state index < -0.39 is 0 Å². The Labute approximate surface area is 161 Å². The van der Waals surface area contributed by atoms with Gasteiger partial charge in [0.1, 0.15) is 6.29 Å². The van der Waals surface area contributed by atoms with Gasteiger partial charge in [-0.3, -0.25) is 0 Å². The van der Waals surface area contributed by atoms with Gasteiger partial charge in [0.05, 0.1) is 11.6 Å². The first-order valence-electron chi connectivity index (χ1n) is 9.30. The molecule has 0 radical (unpaired) electrons. The average molecular weight is 361 g/mol. The van der Waals surface area contributed by atoms with Crippen LogP contribution in [0, 0.1) is 11.3 Å². The fourth-order valence-electron chi connectivity index (χ4n) is 3.54. The first-order valence-corrected chi connectivity index (χ1v) is 9.30. The highest BCUT2D eigenvalue weighted by Crippen LogP contribution is 2.37. The predicted molar refractivity (Wildman–Crippen MR) is 110 cm³/mol. The molecule has 4 rings (SSSR count). The van der Waals surface area contributed by atoms with E-state index in [1.54, 1.807) is 6.07 Å². The van der Waals surface area contributed by atoms with Gasteiger partial charge in [-0.2, -0.15) is 5.26 Å². The number of fused-ring (bicyclic) bond motifs is 1. The summed E-state index contributed by atoms with van der Waals surface area (Å²) in [6.07, 6.45) is 7.90. The number of nitriles is 1. The van der Waals surface area contributed by atoms with E-state index in [1.807, 2.05) is 24.4 Å². The number of hydrogen-bond acceptors (Lipinski definition) is 3. The summed E-state index contributed by atoms with van der Waals surface area (Å²) in [5.74, 6) is 0. The number of nitrogens with zero attached hydrogens (tertiary/aromatic N) is 1. The molecule has 2 aromatic carbocycles. The third kappa shape index (κ3) is 5.29. The van der Waals surface area contributed by atoms with Crippen molar-refractivity contribution < 1.29 is 4.79 Å². The highest BCUT2D eigenvalue weighted by Gasteiger charge is 2.33. The number of aldehydes is 1. The molecule has 0 unspecified atom stereocenters. The summed E-state index contributed by atoms with van der Waals surface area (Å²) in [5, 5.41) is 13.2. The maximum atomic E-state index is 8.81. The second-order valence-corrected chi connectivity index (χ2v) is 6.53. The van der Waals surface area contributed by atoms with Crippen molar-refractivity contribution in [1.82, 2.24) is 10.3 Å². The number of carbonyl (C=O) groups excluding carboxylic acids is 1. The SMILES string of the molecule is CC=O.CNC1(c2ccccc2)CCCC1.N#Cc1ccc2[nH]ccc2c1. The molecule has 4 heteroatoms. The third-order valence-corrected chi connectivity index (χ3v) is 4.94. The standard InChI is InChI=1S/C12H17N.C9H6N2.C2H4O/c1-13-12(9-5-6-10-12)11-7-3-2-4-8-11;10-6-7-1-2-9-8(5-7)3-4-11-9;1-2-3/h2-4,7-8,13H,5-6,9-10H2,1H3;1-5,11H;2H,1H3. The highest BCUT2D eigenvalue weighted by molar-refractivity contribution is 5.80. The summed E-state index contributed by atoms with van der Waals surface area (Å²) in [6.45, 7) is 1.44. The van der Waals surface area contributed by atoms with Crippen LogP contribution in [-0.2, 0) is 10.3 Å². The van der Waals surface area contributed by atoms with Crippen molar-refractivity contribution in [2.75, 3.05) is 7.05 Å². The molecule has 1 aromatic heterocycles. The Morgan fingerprint density at radius 2 is 1.78 bits per heavy atom. The van der Waals surface area contributed by atoms with Crippen molar-refractivity contribution in [1.29, 1.82) is 5.26 Å². The van der Waals surface area contributed by atoms with Crippen molar-refractivity contribution in [3.63, 3.8) is 0 Å². The van der Waals surface area contributed by atoms with Crippen LogP contribution in [0.15, 0.2) is 60.8 Å².